The highest BCUT2D eigenvalue weighted by Crippen LogP contribution is 2.37. The molecule has 3 rings (SSSR count). The molecule has 104 valence electrons. The molecule has 3 unspecified atom stereocenters. The van der Waals surface area contributed by atoms with E-state index >= 15 is 0 Å². The van der Waals surface area contributed by atoms with E-state index in [1.165, 1.54) is 44.1 Å². The summed E-state index contributed by atoms with van der Waals surface area (Å²) in [5, 5.41) is 0. The number of hydrogen-bond donors (Lipinski definition) is 1. The van der Waals surface area contributed by atoms with Gasteiger partial charge in [-0.15, -0.1) is 0 Å². The maximum Gasteiger partial charge on any atom is 0.0139 e. The van der Waals surface area contributed by atoms with Crippen molar-refractivity contribution >= 4 is 0 Å². The Bertz CT molecular complexity index is 389. The quantitative estimate of drug-likeness (QED) is 0.899. The summed E-state index contributed by atoms with van der Waals surface area (Å²) >= 11 is 0. The van der Waals surface area contributed by atoms with E-state index in [9.17, 15) is 0 Å². The monoisotopic (exact) mass is 258 g/mol. The number of hydrogen-bond acceptors (Lipinski definition) is 2. The molecule has 2 N–H and O–H groups in total. The lowest BCUT2D eigenvalue weighted by Gasteiger charge is -2.42. The van der Waals surface area contributed by atoms with E-state index in [2.05, 4.69) is 42.2 Å². The van der Waals surface area contributed by atoms with Crippen molar-refractivity contribution in [1.82, 2.24) is 4.90 Å². The van der Waals surface area contributed by atoms with E-state index in [0.29, 0.717) is 12.1 Å². The number of nitrogens with zero attached hydrogens (tertiary/aromatic N) is 1. The zero-order valence-electron chi connectivity index (χ0n) is 12.0. The Labute approximate surface area is 117 Å². The van der Waals surface area contributed by atoms with Crippen LogP contribution in [-0.4, -0.2) is 29.1 Å². The predicted molar refractivity (Wildman–Crippen MR) is 80.1 cm³/mol. The fraction of sp³-hybridized carbons (Fsp3) is 0.647. The number of rotatable bonds is 4. The van der Waals surface area contributed by atoms with Gasteiger partial charge in [0.25, 0.3) is 0 Å². The first kappa shape index (κ1) is 13.1. The van der Waals surface area contributed by atoms with Crippen LogP contribution in [0, 0.1) is 0 Å². The molecule has 2 fully saturated rings. The first-order valence-electron chi connectivity index (χ1n) is 7.85. The Morgan fingerprint density at radius 1 is 1.16 bits per heavy atom. The molecule has 2 saturated heterocycles. The van der Waals surface area contributed by atoms with Crippen LogP contribution >= 0.6 is 0 Å². The highest BCUT2D eigenvalue weighted by molar-refractivity contribution is 5.16. The van der Waals surface area contributed by atoms with Gasteiger partial charge in [-0.05, 0) is 44.1 Å². The highest BCUT2D eigenvalue weighted by Gasteiger charge is 2.42. The molecule has 0 saturated carbocycles. The van der Waals surface area contributed by atoms with Gasteiger partial charge in [-0.1, -0.05) is 37.3 Å². The Balaban J connectivity index is 1.73. The molecule has 19 heavy (non-hydrogen) atoms. The summed E-state index contributed by atoms with van der Waals surface area (Å²) in [4.78, 5) is 2.82. The highest BCUT2D eigenvalue weighted by atomic mass is 15.2. The van der Waals surface area contributed by atoms with Gasteiger partial charge in [0, 0.05) is 24.2 Å². The van der Waals surface area contributed by atoms with Crippen molar-refractivity contribution in [2.24, 2.45) is 5.73 Å². The predicted octanol–water partition coefficient (Wildman–Crippen LogP) is 2.96. The molecule has 1 aromatic rings. The maximum atomic E-state index is 6.19. The summed E-state index contributed by atoms with van der Waals surface area (Å²) in [6, 6.07) is 13.6. The molecule has 1 aromatic carbocycles. The molecule has 2 heteroatoms. The molecule has 0 aliphatic carbocycles. The number of nitrogens with two attached hydrogens (primary N) is 1. The molecule has 2 aliphatic rings. The second-order valence-electron chi connectivity index (χ2n) is 6.32. The van der Waals surface area contributed by atoms with Crippen molar-refractivity contribution in [3.05, 3.63) is 35.9 Å². The fourth-order valence-electron chi connectivity index (χ4n) is 4.20. The minimum atomic E-state index is 0.447. The first-order chi connectivity index (χ1) is 9.28. The van der Waals surface area contributed by atoms with Crippen LogP contribution in [0.3, 0.4) is 0 Å². The Morgan fingerprint density at radius 3 is 2.37 bits per heavy atom. The van der Waals surface area contributed by atoms with Gasteiger partial charge in [0.2, 0.25) is 0 Å². The Kier molecular flexibility index (Phi) is 3.90. The second-order valence-corrected chi connectivity index (χ2v) is 6.32. The van der Waals surface area contributed by atoms with E-state index in [4.69, 9.17) is 5.73 Å². The van der Waals surface area contributed by atoms with E-state index in [0.717, 1.165) is 12.1 Å². The van der Waals surface area contributed by atoms with Gasteiger partial charge in [-0.3, -0.25) is 4.90 Å². The summed E-state index contributed by atoms with van der Waals surface area (Å²) < 4.78 is 0. The third-order valence-corrected chi connectivity index (χ3v) is 5.03. The lowest BCUT2D eigenvalue weighted by molar-refractivity contribution is 0.0749. The van der Waals surface area contributed by atoms with Gasteiger partial charge < -0.3 is 5.73 Å². The standard InChI is InChI=1S/C17H26N2/c1-2-15(10-13-6-4-3-5-7-13)19-16-8-9-17(19)12-14(18)11-16/h3-7,14-17H,2,8-12,18H2,1H3. The molecule has 2 nitrogen and oxygen atoms in total. The molecule has 2 heterocycles. The third-order valence-electron chi connectivity index (χ3n) is 5.03. The van der Waals surface area contributed by atoms with Crippen LogP contribution in [0.4, 0.5) is 0 Å². The Morgan fingerprint density at radius 2 is 1.79 bits per heavy atom. The largest absolute Gasteiger partial charge is 0.328 e. The summed E-state index contributed by atoms with van der Waals surface area (Å²) in [7, 11) is 0. The summed E-state index contributed by atoms with van der Waals surface area (Å²) in [5.41, 5.74) is 7.66. The normalized spacial score (nSPS) is 32.4. The topological polar surface area (TPSA) is 29.3 Å². The van der Waals surface area contributed by atoms with E-state index in [1.54, 1.807) is 0 Å². The SMILES string of the molecule is CCC(Cc1ccccc1)N1C2CCC1CC(N)C2. The maximum absolute atomic E-state index is 6.19. The summed E-state index contributed by atoms with van der Waals surface area (Å²) in [6.07, 6.45) is 7.59. The van der Waals surface area contributed by atoms with Crippen LogP contribution in [0.2, 0.25) is 0 Å². The molecule has 2 aliphatic heterocycles. The minimum absolute atomic E-state index is 0.447. The average molecular weight is 258 g/mol. The van der Waals surface area contributed by atoms with E-state index in [1.807, 2.05) is 0 Å². The minimum Gasteiger partial charge on any atom is -0.328 e. The van der Waals surface area contributed by atoms with Crippen molar-refractivity contribution in [1.29, 1.82) is 0 Å². The summed E-state index contributed by atoms with van der Waals surface area (Å²) in [5.74, 6) is 0. The molecule has 0 radical (unpaired) electrons. The fourth-order valence-corrected chi connectivity index (χ4v) is 4.20. The van der Waals surface area contributed by atoms with Crippen LogP contribution < -0.4 is 5.73 Å². The third kappa shape index (κ3) is 2.70. The zero-order valence-corrected chi connectivity index (χ0v) is 12.0. The van der Waals surface area contributed by atoms with Gasteiger partial charge in [-0.25, -0.2) is 0 Å². The van der Waals surface area contributed by atoms with Crippen LogP contribution in [-0.2, 0) is 6.42 Å². The van der Waals surface area contributed by atoms with Crippen LogP contribution in [0.25, 0.3) is 0 Å². The molecule has 2 bridgehead atoms. The molecular weight excluding hydrogens is 232 g/mol. The molecule has 0 amide bonds. The lowest BCUT2D eigenvalue weighted by Crippen LogP contribution is -2.52. The molecule has 0 aromatic heterocycles. The summed E-state index contributed by atoms with van der Waals surface area (Å²) in [6.45, 7) is 2.33. The smallest absolute Gasteiger partial charge is 0.0139 e. The first-order valence-corrected chi connectivity index (χ1v) is 7.85. The molecule has 3 atom stereocenters. The van der Waals surface area contributed by atoms with Gasteiger partial charge >= 0.3 is 0 Å². The Hall–Kier alpha value is -0.860. The van der Waals surface area contributed by atoms with Crippen molar-refractivity contribution in [3.63, 3.8) is 0 Å². The van der Waals surface area contributed by atoms with Crippen molar-refractivity contribution in [2.45, 2.75) is 69.6 Å². The van der Waals surface area contributed by atoms with Gasteiger partial charge in [0.05, 0.1) is 0 Å². The van der Waals surface area contributed by atoms with Crippen molar-refractivity contribution in [3.8, 4) is 0 Å². The number of fused-ring (bicyclic) bond motifs is 2. The van der Waals surface area contributed by atoms with Crippen molar-refractivity contribution in [2.75, 3.05) is 0 Å². The molecule has 0 spiro atoms. The number of benzene rings is 1. The lowest BCUT2D eigenvalue weighted by atomic mass is 9.93. The second kappa shape index (κ2) is 5.64. The van der Waals surface area contributed by atoms with Crippen LogP contribution in [0.1, 0.15) is 44.6 Å². The van der Waals surface area contributed by atoms with Gasteiger partial charge in [0.15, 0.2) is 0 Å². The van der Waals surface area contributed by atoms with Gasteiger partial charge in [-0.2, -0.15) is 0 Å². The van der Waals surface area contributed by atoms with E-state index < -0.39 is 0 Å². The molecular formula is C17H26N2. The number of piperidine rings is 1. The van der Waals surface area contributed by atoms with Crippen LogP contribution in [0.15, 0.2) is 30.3 Å². The van der Waals surface area contributed by atoms with Crippen LogP contribution in [0.5, 0.6) is 0 Å². The van der Waals surface area contributed by atoms with E-state index in [-0.39, 0.29) is 0 Å². The van der Waals surface area contributed by atoms with Gasteiger partial charge in [0.1, 0.15) is 0 Å². The zero-order chi connectivity index (χ0) is 13.2. The van der Waals surface area contributed by atoms with Crippen molar-refractivity contribution < 1.29 is 0 Å². The average Bonchev–Trinajstić information content (AvgIpc) is 2.69.